The molecule has 3 aliphatic rings. The summed E-state index contributed by atoms with van der Waals surface area (Å²) in [6.07, 6.45) is 6.76. The van der Waals surface area contributed by atoms with Crippen LogP contribution >= 0.6 is 0 Å². The summed E-state index contributed by atoms with van der Waals surface area (Å²) in [6.45, 7) is 3.25. The Balaban J connectivity index is 1.66. The molecular weight excluding hydrogens is 214 g/mol. The maximum Gasteiger partial charge on any atom is 0.226 e. The van der Waals surface area contributed by atoms with Gasteiger partial charge in [0.1, 0.15) is 0 Å². The molecule has 2 saturated carbocycles. The first-order valence-corrected chi connectivity index (χ1v) is 7.06. The van der Waals surface area contributed by atoms with Gasteiger partial charge in [-0.15, -0.1) is 0 Å². The Labute approximate surface area is 103 Å². The lowest BCUT2D eigenvalue weighted by Crippen LogP contribution is -2.50. The molecule has 4 unspecified atom stereocenters. The van der Waals surface area contributed by atoms with Crippen molar-refractivity contribution in [1.29, 1.82) is 0 Å². The van der Waals surface area contributed by atoms with E-state index in [0.717, 1.165) is 31.7 Å². The minimum absolute atomic E-state index is 0.280. The zero-order valence-corrected chi connectivity index (χ0v) is 10.7. The van der Waals surface area contributed by atoms with Gasteiger partial charge in [-0.3, -0.25) is 4.79 Å². The number of aliphatic hydroxyl groups is 1. The van der Waals surface area contributed by atoms with Crippen LogP contribution in [-0.2, 0) is 4.79 Å². The molecule has 1 saturated heterocycles. The zero-order chi connectivity index (χ0) is 12.0. The molecule has 96 valence electrons. The molecule has 3 fully saturated rings. The minimum atomic E-state index is -0.661. The van der Waals surface area contributed by atoms with Crippen molar-refractivity contribution in [3.8, 4) is 0 Å². The molecule has 3 nitrogen and oxygen atoms in total. The second-order valence-corrected chi connectivity index (χ2v) is 6.64. The summed E-state index contributed by atoms with van der Waals surface area (Å²) in [5.41, 5.74) is -0.661. The Kier molecular flexibility index (Phi) is 2.69. The maximum atomic E-state index is 12.5. The highest BCUT2D eigenvalue weighted by molar-refractivity contribution is 5.80. The number of hydrogen-bond acceptors (Lipinski definition) is 2. The predicted octanol–water partition coefficient (Wildman–Crippen LogP) is 1.80. The highest BCUT2D eigenvalue weighted by Gasteiger charge is 2.45. The topological polar surface area (TPSA) is 40.5 Å². The molecular formula is C14H23NO2. The number of carbonyl (C=O) groups is 1. The van der Waals surface area contributed by atoms with Gasteiger partial charge in [0.15, 0.2) is 0 Å². The summed E-state index contributed by atoms with van der Waals surface area (Å²) in [5.74, 6) is 2.08. The number of fused-ring (bicyclic) bond motifs is 2. The van der Waals surface area contributed by atoms with Gasteiger partial charge in [0.05, 0.1) is 5.60 Å². The smallest absolute Gasteiger partial charge is 0.226 e. The second-order valence-electron chi connectivity index (χ2n) is 6.64. The second kappa shape index (κ2) is 3.98. The van der Waals surface area contributed by atoms with Crippen LogP contribution in [0.25, 0.3) is 0 Å². The monoisotopic (exact) mass is 237 g/mol. The summed E-state index contributed by atoms with van der Waals surface area (Å²) in [4.78, 5) is 14.4. The lowest BCUT2D eigenvalue weighted by atomic mass is 9.86. The normalized spacial score (nSPS) is 45.3. The molecule has 3 rings (SSSR count). The first kappa shape index (κ1) is 11.5. The van der Waals surface area contributed by atoms with Gasteiger partial charge in [0.25, 0.3) is 0 Å². The molecule has 0 spiro atoms. The zero-order valence-electron chi connectivity index (χ0n) is 10.7. The molecule has 4 atom stereocenters. The Hall–Kier alpha value is -0.570. The average molecular weight is 237 g/mol. The largest absolute Gasteiger partial charge is 0.388 e. The number of likely N-dealkylation sites (tertiary alicyclic amines) is 1. The van der Waals surface area contributed by atoms with Crippen LogP contribution in [0.2, 0.25) is 0 Å². The van der Waals surface area contributed by atoms with Gasteiger partial charge in [0, 0.05) is 19.0 Å². The van der Waals surface area contributed by atoms with Gasteiger partial charge in [-0.2, -0.15) is 0 Å². The van der Waals surface area contributed by atoms with Crippen LogP contribution < -0.4 is 0 Å². The van der Waals surface area contributed by atoms with E-state index in [0.29, 0.717) is 18.4 Å². The Bertz CT molecular complexity index is 326. The van der Waals surface area contributed by atoms with Crippen LogP contribution in [-0.4, -0.2) is 34.6 Å². The summed E-state index contributed by atoms with van der Waals surface area (Å²) in [5, 5.41) is 10.1. The molecule has 0 radical (unpaired) electrons. The summed E-state index contributed by atoms with van der Waals surface area (Å²) in [7, 11) is 0. The van der Waals surface area contributed by atoms with Crippen LogP contribution in [0.4, 0.5) is 0 Å². The molecule has 0 aromatic carbocycles. The Morgan fingerprint density at radius 2 is 2.18 bits per heavy atom. The Morgan fingerprint density at radius 3 is 2.76 bits per heavy atom. The molecule has 2 bridgehead atoms. The molecule has 0 aromatic rings. The summed E-state index contributed by atoms with van der Waals surface area (Å²) < 4.78 is 0. The average Bonchev–Trinajstić information content (AvgIpc) is 2.88. The van der Waals surface area contributed by atoms with Crippen molar-refractivity contribution in [1.82, 2.24) is 4.90 Å². The van der Waals surface area contributed by atoms with E-state index in [4.69, 9.17) is 0 Å². The fourth-order valence-corrected chi connectivity index (χ4v) is 4.19. The minimum Gasteiger partial charge on any atom is -0.388 e. The number of β-amino-alcohol motifs (C(OH)–C–C–N with tert-alkyl or cyclic N) is 1. The fourth-order valence-electron chi connectivity index (χ4n) is 4.19. The first-order valence-electron chi connectivity index (χ1n) is 7.06. The van der Waals surface area contributed by atoms with Crippen LogP contribution in [0.5, 0.6) is 0 Å². The van der Waals surface area contributed by atoms with E-state index in [2.05, 4.69) is 0 Å². The SMILES string of the molecule is CC1(O)CCCN(C(=O)C2CC3CCC2C3)C1. The molecule has 1 heterocycles. The van der Waals surface area contributed by atoms with Crippen molar-refractivity contribution in [3.63, 3.8) is 0 Å². The van der Waals surface area contributed by atoms with Gasteiger partial charge >= 0.3 is 0 Å². The fraction of sp³-hybridized carbons (Fsp3) is 0.929. The van der Waals surface area contributed by atoms with Crippen molar-refractivity contribution >= 4 is 5.91 Å². The molecule has 1 amide bonds. The van der Waals surface area contributed by atoms with Crippen molar-refractivity contribution in [2.24, 2.45) is 17.8 Å². The van der Waals surface area contributed by atoms with Crippen LogP contribution in [0.3, 0.4) is 0 Å². The number of carbonyl (C=O) groups excluding carboxylic acids is 1. The van der Waals surface area contributed by atoms with Crippen LogP contribution in [0.1, 0.15) is 45.4 Å². The number of hydrogen-bond donors (Lipinski definition) is 1. The van der Waals surface area contributed by atoms with E-state index in [9.17, 15) is 9.90 Å². The Morgan fingerprint density at radius 1 is 1.35 bits per heavy atom. The van der Waals surface area contributed by atoms with Crippen molar-refractivity contribution in [3.05, 3.63) is 0 Å². The molecule has 3 heteroatoms. The van der Waals surface area contributed by atoms with E-state index in [1.807, 2.05) is 11.8 Å². The standard InChI is InChI=1S/C14H23NO2/c1-14(17)5-2-6-15(9-14)13(16)12-8-10-3-4-11(12)7-10/h10-12,17H,2-9H2,1H3. The van der Waals surface area contributed by atoms with E-state index in [1.165, 1.54) is 19.3 Å². The summed E-state index contributed by atoms with van der Waals surface area (Å²) >= 11 is 0. The van der Waals surface area contributed by atoms with Gasteiger partial charge in [0.2, 0.25) is 5.91 Å². The van der Waals surface area contributed by atoms with Gasteiger partial charge in [-0.1, -0.05) is 6.42 Å². The summed E-state index contributed by atoms with van der Waals surface area (Å²) in [6, 6.07) is 0. The van der Waals surface area contributed by atoms with E-state index >= 15 is 0 Å². The molecule has 0 aromatic heterocycles. The van der Waals surface area contributed by atoms with Crippen molar-refractivity contribution in [2.45, 2.75) is 51.0 Å². The third-order valence-electron chi connectivity index (χ3n) is 5.04. The van der Waals surface area contributed by atoms with Gasteiger partial charge in [-0.25, -0.2) is 0 Å². The lowest BCUT2D eigenvalue weighted by Gasteiger charge is -2.39. The number of nitrogens with zero attached hydrogens (tertiary/aromatic N) is 1. The molecule has 17 heavy (non-hydrogen) atoms. The van der Waals surface area contributed by atoms with Crippen LogP contribution in [0.15, 0.2) is 0 Å². The van der Waals surface area contributed by atoms with Crippen LogP contribution in [0, 0.1) is 17.8 Å². The van der Waals surface area contributed by atoms with Gasteiger partial charge in [-0.05, 0) is 50.9 Å². The number of amides is 1. The molecule has 1 N–H and O–H groups in total. The number of rotatable bonds is 1. The highest BCUT2D eigenvalue weighted by atomic mass is 16.3. The lowest BCUT2D eigenvalue weighted by molar-refractivity contribution is -0.143. The maximum absolute atomic E-state index is 12.5. The van der Waals surface area contributed by atoms with Crippen molar-refractivity contribution in [2.75, 3.05) is 13.1 Å². The molecule has 1 aliphatic heterocycles. The van der Waals surface area contributed by atoms with Crippen molar-refractivity contribution < 1.29 is 9.90 Å². The van der Waals surface area contributed by atoms with E-state index in [-0.39, 0.29) is 5.92 Å². The third-order valence-corrected chi connectivity index (χ3v) is 5.04. The number of piperidine rings is 1. The third kappa shape index (κ3) is 2.10. The highest BCUT2D eigenvalue weighted by Crippen LogP contribution is 2.49. The predicted molar refractivity (Wildman–Crippen MR) is 65.4 cm³/mol. The van der Waals surface area contributed by atoms with Gasteiger partial charge < -0.3 is 10.0 Å². The quantitative estimate of drug-likeness (QED) is 0.755. The van der Waals surface area contributed by atoms with E-state index in [1.54, 1.807) is 0 Å². The first-order chi connectivity index (χ1) is 8.05. The molecule has 2 aliphatic carbocycles. The van der Waals surface area contributed by atoms with E-state index < -0.39 is 5.60 Å².